The van der Waals surface area contributed by atoms with Gasteiger partial charge in [-0.05, 0) is 64.2 Å². The van der Waals surface area contributed by atoms with Crippen LogP contribution in [0.5, 0.6) is 0 Å². The first kappa shape index (κ1) is 59.5. The van der Waals surface area contributed by atoms with Crippen molar-refractivity contribution in [3.05, 3.63) is 109 Å². The molecule has 1 amide bonds. The zero-order chi connectivity index (χ0) is 45.9. The summed E-state index contributed by atoms with van der Waals surface area (Å²) < 4.78 is 5.89. The lowest BCUT2D eigenvalue weighted by molar-refractivity contribution is -0.151. The lowest BCUT2D eigenvalue weighted by atomic mass is 10.0. The number of esters is 1. The van der Waals surface area contributed by atoms with Crippen LogP contribution in [-0.4, -0.2) is 46.9 Å². The first-order valence-electron chi connectivity index (χ1n) is 25.7. The molecule has 0 bridgehead atoms. The van der Waals surface area contributed by atoms with Crippen molar-refractivity contribution in [3.63, 3.8) is 0 Å². The van der Waals surface area contributed by atoms with Crippen LogP contribution in [0.15, 0.2) is 109 Å². The molecule has 6 nitrogen and oxygen atoms in total. The summed E-state index contributed by atoms with van der Waals surface area (Å²) in [6, 6.07) is -0.737. The van der Waals surface area contributed by atoms with Crippen LogP contribution in [0.3, 0.4) is 0 Å². The molecule has 0 rings (SSSR count). The molecule has 0 aliphatic rings. The van der Waals surface area contributed by atoms with Gasteiger partial charge in [-0.25, -0.2) is 0 Å². The van der Waals surface area contributed by atoms with Crippen LogP contribution in [0.1, 0.15) is 213 Å². The molecule has 358 valence electrons. The van der Waals surface area contributed by atoms with Crippen molar-refractivity contribution in [2.75, 3.05) is 6.61 Å². The van der Waals surface area contributed by atoms with Crippen molar-refractivity contribution in [2.45, 2.75) is 232 Å². The van der Waals surface area contributed by atoms with Gasteiger partial charge in [0.15, 0.2) is 0 Å². The number of allylic oxidation sites excluding steroid dienone is 18. The molecular formula is C57H95NO5. The van der Waals surface area contributed by atoms with Gasteiger partial charge in [-0.15, -0.1) is 0 Å². The number of ether oxygens (including phenoxy) is 1. The number of hydrogen-bond acceptors (Lipinski definition) is 5. The number of rotatable bonds is 44. The predicted octanol–water partition coefficient (Wildman–Crippen LogP) is 15.5. The fourth-order valence-electron chi connectivity index (χ4n) is 7.17. The molecule has 63 heavy (non-hydrogen) atoms. The molecule has 3 unspecified atom stereocenters. The SMILES string of the molecule is CC\C=C/C=C/C=C/C=C\C=C\C=C\CCCC(CC(=O)NC(CO)C(O)CCCCCCCCCCCCC)OC(=O)CCCCCCC/C=C/C=C/C=C/CCCCCCC. The van der Waals surface area contributed by atoms with Crippen LogP contribution < -0.4 is 5.32 Å². The van der Waals surface area contributed by atoms with Crippen LogP contribution in [0.4, 0.5) is 0 Å². The highest BCUT2D eigenvalue weighted by Gasteiger charge is 2.24. The average Bonchev–Trinajstić information content (AvgIpc) is 3.28. The van der Waals surface area contributed by atoms with Crippen molar-refractivity contribution in [1.29, 1.82) is 0 Å². The molecule has 0 aliphatic heterocycles. The van der Waals surface area contributed by atoms with E-state index in [1.54, 1.807) is 0 Å². The molecule has 0 aromatic rings. The topological polar surface area (TPSA) is 95.9 Å². The second-order valence-corrected chi connectivity index (χ2v) is 17.0. The summed E-state index contributed by atoms with van der Waals surface area (Å²) in [5, 5.41) is 23.7. The van der Waals surface area contributed by atoms with Crippen molar-refractivity contribution in [2.24, 2.45) is 0 Å². The summed E-state index contributed by atoms with van der Waals surface area (Å²) in [5.41, 5.74) is 0. The van der Waals surface area contributed by atoms with Crippen LogP contribution in [0.25, 0.3) is 0 Å². The van der Waals surface area contributed by atoms with Crippen LogP contribution >= 0.6 is 0 Å². The van der Waals surface area contributed by atoms with Crippen LogP contribution in [-0.2, 0) is 14.3 Å². The van der Waals surface area contributed by atoms with E-state index in [2.05, 4.69) is 74.7 Å². The van der Waals surface area contributed by atoms with Crippen molar-refractivity contribution in [3.8, 4) is 0 Å². The number of aliphatic hydroxyl groups is 2. The lowest BCUT2D eigenvalue weighted by Gasteiger charge is -2.24. The smallest absolute Gasteiger partial charge is 0.306 e. The van der Waals surface area contributed by atoms with Gasteiger partial charge in [-0.2, -0.15) is 0 Å². The Morgan fingerprint density at radius 3 is 1.33 bits per heavy atom. The highest BCUT2D eigenvalue weighted by molar-refractivity contribution is 5.77. The van der Waals surface area contributed by atoms with E-state index in [4.69, 9.17) is 4.74 Å². The maximum Gasteiger partial charge on any atom is 0.306 e. The number of carbonyl (C=O) groups excluding carboxylic acids is 2. The number of nitrogens with one attached hydrogen (secondary N) is 1. The number of unbranched alkanes of at least 4 members (excludes halogenated alkanes) is 21. The summed E-state index contributed by atoms with van der Waals surface area (Å²) in [5.74, 6) is -0.582. The van der Waals surface area contributed by atoms with Gasteiger partial charge in [0.25, 0.3) is 0 Å². The Kier molecular flexibility index (Phi) is 46.8. The van der Waals surface area contributed by atoms with E-state index < -0.39 is 18.2 Å². The predicted molar refractivity (Wildman–Crippen MR) is 273 cm³/mol. The molecule has 0 aliphatic carbocycles. The van der Waals surface area contributed by atoms with Gasteiger partial charge in [-0.1, -0.05) is 246 Å². The Bertz CT molecular complexity index is 1300. The Balaban J connectivity index is 4.78. The summed E-state index contributed by atoms with van der Waals surface area (Å²) >= 11 is 0. The molecule has 0 saturated carbocycles. The summed E-state index contributed by atoms with van der Waals surface area (Å²) in [6.45, 7) is 6.28. The van der Waals surface area contributed by atoms with Crippen LogP contribution in [0, 0.1) is 0 Å². The normalized spacial score (nSPS) is 14.2. The fourth-order valence-corrected chi connectivity index (χ4v) is 7.17. The largest absolute Gasteiger partial charge is 0.462 e. The monoisotopic (exact) mass is 874 g/mol. The highest BCUT2D eigenvalue weighted by atomic mass is 16.5. The summed E-state index contributed by atoms with van der Waals surface area (Å²) in [6.07, 6.45) is 67.2. The molecule has 0 aromatic carbocycles. The van der Waals surface area contributed by atoms with E-state index >= 15 is 0 Å². The molecule has 0 heterocycles. The minimum absolute atomic E-state index is 0.0114. The van der Waals surface area contributed by atoms with Gasteiger partial charge in [0, 0.05) is 6.42 Å². The van der Waals surface area contributed by atoms with E-state index in [0.29, 0.717) is 19.3 Å². The van der Waals surface area contributed by atoms with Gasteiger partial charge in [0.2, 0.25) is 5.91 Å². The maximum absolute atomic E-state index is 13.2. The van der Waals surface area contributed by atoms with Gasteiger partial charge >= 0.3 is 5.97 Å². The Labute approximate surface area is 388 Å². The van der Waals surface area contributed by atoms with E-state index in [0.717, 1.165) is 83.5 Å². The van der Waals surface area contributed by atoms with Gasteiger partial charge < -0.3 is 20.3 Å². The summed E-state index contributed by atoms with van der Waals surface area (Å²) in [4.78, 5) is 26.1. The molecule has 6 heteroatoms. The van der Waals surface area contributed by atoms with Gasteiger partial charge in [0.1, 0.15) is 6.10 Å². The molecule has 0 radical (unpaired) electrons. The van der Waals surface area contributed by atoms with Crippen molar-refractivity contribution >= 4 is 11.9 Å². The molecule has 0 fully saturated rings. The Hall–Kier alpha value is -3.48. The third-order valence-electron chi connectivity index (χ3n) is 11.1. The van der Waals surface area contributed by atoms with E-state index in [1.165, 1.54) is 83.5 Å². The van der Waals surface area contributed by atoms with E-state index in [9.17, 15) is 19.8 Å². The second kappa shape index (κ2) is 49.5. The minimum atomic E-state index is -0.817. The summed E-state index contributed by atoms with van der Waals surface area (Å²) in [7, 11) is 0. The fraction of sp³-hybridized carbons (Fsp3) is 0.649. The quantitative estimate of drug-likeness (QED) is 0.0322. The Morgan fingerprint density at radius 1 is 0.476 bits per heavy atom. The molecule has 3 N–H and O–H groups in total. The van der Waals surface area contributed by atoms with Gasteiger partial charge in [0.05, 0.1) is 25.2 Å². The van der Waals surface area contributed by atoms with Crippen molar-refractivity contribution < 1.29 is 24.5 Å². The van der Waals surface area contributed by atoms with E-state index in [-0.39, 0.29) is 24.9 Å². The van der Waals surface area contributed by atoms with Crippen molar-refractivity contribution in [1.82, 2.24) is 5.32 Å². The molecule has 3 atom stereocenters. The molecular weight excluding hydrogens is 779 g/mol. The molecule has 0 aromatic heterocycles. The third kappa shape index (κ3) is 44.9. The second-order valence-electron chi connectivity index (χ2n) is 17.0. The highest BCUT2D eigenvalue weighted by Crippen LogP contribution is 2.16. The minimum Gasteiger partial charge on any atom is -0.462 e. The Morgan fingerprint density at radius 2 is 0.873 bits per heavy atom. The standard InChI is InChI=1S/C57H95NO5/c1-4-7-10-13-16-19-22-24-26-27-28-30-32-35-38-41-44-47-50-57(62)63-53(48-45-42-39-36-34-31-29-25-23-20-17-14-11-8-5-2)51-56(61)58-54(52-59)55(60)49-46-43-40-37-33-21-18-15-12-9-6-3/h8,11,14,17,20,22-31,34,36,39,53-55,59-60H,4-7,9-10,12-13,15-16,18-19,21,32-33,35,37-38,40-52H2,1-3H3,(H,58,61)/b11-8-,17-14+,23-20+,24-22+,27-26+,29-25-,30-28+,34-31+,39-36+. The zero-order valence-electron chi connectivity index (χ0n) is 40.7. The number of aliphatic hydroxyl groups excluding tert-OH is 2. The van der Waals surface area contributed by atoms with Crippen LogP contribution in [0.2, 0.25) is 0 Å². The zero-order valence-corrected chi connectivity index (χ0v) is 40.7. The average molecular weight is 874 g/mol. The lowest BCUT2D eigenvalue weighted by Crippen LogP contribution is -2.46. The third-order valence-corrected chi connectivity index (χ3v) is 11.1. The van der Waals surface area contributed by atoms with E-state index in [1.807, 2.05) is 60.8 Å². The van der Waals surface area contributed by atoms with Gasteiger partial charge in [-0.3, -0.25) is 9.59 Å². The molecule has 0 saturated heterocycles. The number of carbonyl (C=O) groups is 2. The maximum atomic E-state index is 13.2. The first-order chi connectivity index (χ1) is 31.0. The molecule has 0 spiro atoms. The number of hydrogen-bond donors (Lipinski definition) is 3. The first-order valence-corrected chi connectivity index (χ1v) is 25.7. The number of amides is 1.